The maximum atomic E-state index is 10.3. The summed E-state index contributed by atoms with van der Waals surface area (Å²) in [5.74, 6) is 0. The Morgan fingerprint density at radius 1 is 0.708 bits per heavy atom. The molecule has 2 nitrogen and oxygen atoms in total. The molecule has 1 rings (SSSR count). The first kappa shape index (κ1) is 21.2. The van der Waals surface area contributed by atoms with Gasteiger partial charge in [0, 0.05) is 0 Å². The number of hydrogen-bond acceptors (Lipinski definition) is 2. The molecule has 2 heteroatoms. The van der Waals surface area contributed by atoms with Gasteiger partial charge in [-0.05, 0) is 18.4 Å². The monoisotopic (exact) mass is 333 g/mol. The van der Waals surface area contributed by atoms with Crippen molar-refractivity contribution < 1.29 is 5.11 Å². The molecule has 0 aliphatic rings. The molecule has 0 bridgehead atoms. The summed E-state index contributed by atoms with van der Waals surface area (Å²) in [6.07, 6.45) is 18.0. The molecule has 138 valence electrons. The number of nitrogens with two attached hydrogens (primary N) is 1. The fourth-order valence-electron chi connectivity index (χ4n) is 3.28. The normalized spacial score (nSPS) is 13.8. The molecule has 1 atom stereocenters. The molecule has 1 aromatic carbocycles. The summed E-state index contributed by atoms with van der Waals surface area (Å²) in [5.41, 5.74) is 5.69. The summed E-state index contributed by atoms with van der Waals surface area (Å²) in [6, 6.07) is 9.61. The van der Waals surface area contributed by atoms with Crippen molar-refractivity contribution in [3.63, 3.8) is 0 Å². The number of unbranched alkanes of at least 4 members (excludes halogenated alkanes) is 12. The lowest BCUT2D eigenvalue weighted by Crippen LogP contribution is -2.36. The molecular weight excluding hydrogens is 294 g/mol. The third kappa shape index (κ3) is 10.1. The van der Waals surface area contributed by atoms with Gasteiger partial charge in [0.2, 0.25) is 0 Å². The maximum Gasteiger partial charge on any atom is 0.139 e. The molecule has 3 N–H and O–H groups in total. The lowest BCUT2D eigenvalue weighted by Gasteiger charge is -2.23. The highest BCUT2D eigenvalue weighted by atomic mass is 16.3. The molecule has 0 aliphatic heterocycles. The van der Waals surface area contributed by atoms with Crippen molar-refractivity contribution in [2.45, 2.75) is 103 Å². The zero-order valence-electron chi connectivity index (χ0n) is 15.8. The third-order valence-electron chi connectivity index (χ3n) is 4.94. The standard InChI is InChI=1S/C22H39NO/c1-2-3-4-5-6-7-8-9-10-11-12-13-17-20-22(23,24)21-18-15-14-16-19-21/h14-16,18-19,24H,2-13,17,20,23H2,1H3. The van der Waals surface area contributed by atoms with Gasteiger partial charge in [0.05, 0.1) is 0 Å². The third-order valence-corrected chi connectivity index (χ3v) is 4.94. The summed E-state index contributed by atoms with van der Waals surface area (Å²) in [7, 11) is 0. The van der Waals surface area contributed by atoms with Crippen molar-refractivity contribution in [2.24, 2.45) is 5.73 Å². The minimum absolute atomic E-state index is 0.648. The Kier molecular flexibility index (Phi) is 11.9. The molecule has 0 heterocycles. The Bertz CT molecular complexity index is 388. The summed E-state index contributed by atoms with van der Waals surface area (Å²) in [6.45, 7) is 2.27. The van der Waals surface area contributed by atoms with Gasteiger partial charge in [-0.2, -0.15) is 0 Å². The lowest BCUT2D eigenvalue weighted by molar-refractivity contribution is 0.0314. The second kappa shape index (κ2) is 13.4. The molecule has 1 unspecified atom stereocenters. The van der Waals surface area contributed by atoms with Crippen LogP contribution in [0.2, 0.25) is 0 Å². The van der Waals surface area contributed by atoms with Gasteiger partial charge in [0.25, 0.3) is 0 Å². The van der Waals surface area contributed by atoms with Gasteiger partial charge in [-0.3, -0.25) is 5.73 Å². The second-order valence-corrected chi connectivity index (χ2v) is 7.28. The second-order valence-electron chi connectivity index (χ2n) is 7.28. The average Bonchev–Trinajstić information content (AvgIpc) is 2.60. The number of benzene rings is 1. The number of rotatable bonds is 15. The van der Waals surface area contributed by atoms with Crippen LogP contribution in [0.1, 0.15) is 102 Å². The topological polar surface area (TPSA) is 46.2 Å². The van der Waals surface area contributed by atoms with E-state index in [2.05, 4.69) is 6.92 Å². The quantitative estimate of drug-likeness (QED) is 0.293. The van der Waals surface area contributed by atoms with E-state index in [0.717, 1.165) is 12.0 Å². The Labute approximate surface area is 149 Å². The fourth-order valence-corrected chi connectivity index (χ4v) is 3.28. The van der Waals surface area contributed by atoms with Crippen LogP contribution >= 0.6 is 0 Å². The van der Waals surface area contributed by atoms with Crippen LogP contribution in [0.3, 0.4) is 0 Å². The zero-order valence-corrected chi connectivity index (χ0v) is 15.8. The smallest absolute Gasteiger partial charge is 0.139 e. The first-order valence-corrected chi connectivity index (χ1v) is 10.2. The summed E-state index contributed by atoms with van der Waals surface area (Å²) in [5, 5.41) is 10.3. The predicted molar refractivity (Wildman–Crippen MR) is 105 cm³/mol. The summed E-state index contributed by atoms with van der Waals surface area (Å²) in [4.78, 5) is 0. The fraction of sp³-hybridized carbons (Fsp3) is 0.727. The molecule has 0 saturated heterocycles. The van der Waals surface area contributed by atoms with Crippen molar-refractivity contribution in [1.29, 1.82) is 0 Å². The van der Waals surface area contributed by atoms with Crippen molar-refractivity contribution in [2.75, 3.05) is 0 Å². The van der Waals surface area contributed by atoms with Crippen molar-refractivity contribution in [3.8, 4) is 0 Å². The first-order valence-electron chi connectivity index (χ1n) is 10.2. The van der Waals surface area contributed by atoms with Gasteiger partial charge < -0.3 is 5.11 Å². The van der Waals surface area contributed by atoms with E-state index in [1.807, 2.05) is 30.3 Å². The molecule has 0 aliphatic carbocycles. The number of aliphatic hydroxyl groups is 1. The number of hydrogen-bond donors (Lipinski definition) is 2. The highest BCUT2D eigenvalue weighted by molar-refractivity contribution is 5.20. The Balaban J connectivity index is 1.90. The Morgan fingerprint density at radius 2 is 1.12 bits per heavy atom. The van der Waals surface area contributed by atoms with Crippen molar-refractivity contribution in [1.82, 2.24) is 0 Å². The SMILES string of the molecule is CCCCCCCCCCCCCCCC(N)(O)c1ccccc1. The van der Waals surface area contributed by atoms with Gasteiger partial charge >= 0.3 is 0 Å². The molecule has 0 fully saturated rings. The molecule has 24 heavy (non-hydrogen) atoms. The molecular formula is C22H39NO. The highest BCUT2D eigenvalue weighted by Crippen LogP contribution is 2.22. The minimum atomic E-state index is -1.17. The zero-order chi connectivity index (χ0) is 17.5. The van der Waals surface area contributed by atoms with Crippen LogP contribution < -0.4 is 5.73 Å². The molecule has 0 spiro atoms. The van der Waals surface area contributed by atoms with E-state index in [4.69, 9.17) is 5.73 Å². The van der Waals surface area contributed by atoms with Gasteiger partial charge in [0.1, 0.15) is 5.72 Å². The lowest BCUT2D eigenvalue weighted by atomic mass is 9.96. The van der Waals surface area contributed by atoms with Crippen LogP contribution in [0.4, 0.5) is 0 Å². The van der Waals surface area contributed by atoms with E-state index in [0.29, 0.717) is 6.42 Å². The van der Waals surface area contributed by atoms with Gasteiger partial charge in [-0.1, -0.05) is 114 Å². The highest BCUT2D eigenvalue weighted by Gasteiger charge is 2.22. The average molecular weight is 334 g/mol. The largest absolute Gasteiger partial charge is 0.372 e. The van der Waals surface area contributed by atoms with Gasteiger partial charge in [-0.15, -0.1) is 0 Å². The van der Waals surface area contributed by atoms with Crippen molar-refractivity contribution in [3.05, 3.63) is 35.9 Å². The van der Waals surface area contributed by atoms with Crippen LogP contribution in [0, 0.1) is 0 Å². The van der Waals surface area contributed by atoms with E-state index in [9.17, 15) is 5.11 Å². The summed E-state index contributed by atoms with van der Waals surface area (Å²) >= 11 is 0. The van der Waals surface area contributed by atoms with E-state index in [1.54, 1.807) is 0 Å². The molecule has 0 aromatic heterocycles. The van der Waals surface area contributed by atoms with Crippen LogP contribution in [0.5, 0.6) is 0 Å². The van der Waals surface area contributed by atoms with Crippen LogP contribution in [-0.4, -0.2) is 5.11 Å². The van der Waals surface area contributed by atoms with Crippen molar-refractivity contribution >= 4 is 0 Å². The first-order chi connectivity index (χ1) is 11.7. The van der Waals surface area contributed by atoms with E-state index in [-0.39, 0.29) is 0 Å². The van der Waals surface area contributed by atoms with E-state index >= 15 is 0 Å². The molecule has 1 aromatic rings. The van der Waals surface area contributed by atoms with Crippen LogP contribution in [-0.2, 0) is 5.72 Å². The van der Waals surface area contributed by atoms with Crippen LogP contribution in [0.15, 0.2) is 30.3 Å². The molecule has 0 amide bonds. The van der Waals surface area contributed by atoms with E-state index in [1.165, 1.54) is 77.0 Å². The predicted octanol–water partition coefficient (Wildman–Crippen LogP) is 6.27. The summed E-state index contributed by atoms with van der Waals surface area (Å²) < 4.78 is 0. The van der Waals surface area contributed by atoms with Gasteiger partial charge in [0.15, 0.2) is 0 Å². The Morgan fingerprint density at radius 3 is 1.58 bits per heavy atom. The van der Waals surface area contributed by atoms with Crippen LogP contribution in [0.25, 0.3) is 0 Å². The minimum Gasteiger partial charge on any atom is -0.372 e. The molecule has 0 radical (unpaired) electrons. The van der Waals surface area contributed by atoms with E-state index < -0.39 is 5.72 Å². The van der Waals surface area contributed by atoms with Gasteiger partial charge in [-0.25, -0.2) is 0 Å². The Hall–Kier alpha value is -0.860. The molecule has 0 saturated carbocycles. The maximum absolute atomic E-state index is 10.3.